The van der Waals surface area contributed by atoms with Crippen LogP contribution in [-0.2, 0) is 4.79 Å². The summed E-state index contributed by atoms with van der Waals surface area (Å²) in [5, 5.41) is 3.62. The number of carbonyl (C=O) groups is 2. The van der Waals surface area contributed by atoms with Crippen LogP contribution in [0.3, 0.4) is 0 Å². The van der Waals surface area contributed by atoms with Crippen molar-refractivity contribution in [3.63, 3.8) is 0 Å². The highest BCUT2D eigenvalue weighted by molar-refractivity contribution is 6.34. The van der Waals surface area contributed by atoms with Crippen molar-refractivity contribution >= 4 is 23.3 Å². The van der Waals surface area contributed by atoms with Gasteiger partial charge in [-0.25, -0.2) is 0 Å². The van der Waals surface area contributed by atoms with Crippen molar-refractivity contribution in [1.29, 1.82) is 0 Å². The maximum Gasteiger partial charge on any atom is 0.217 e. The summed E-state index contributed by atoms with van der Waals surface area (Å²) in [5.41, 5.74) is 0.675. The van der Waals surface area contributed by atoms with Crippen LogP contribution in [0.2, 0.25) is 5.02 Å². The zero-order valence-corrected chi connectivity index (χ0v) is 17.0. The smallest absolute Gasteiger partial charge is 0.217 e. The van der Waals surface area contributed by atoms with Crippen LogP contribution < -0.4 is 5.32 Å². The van der Waals surface area contributed by atoms with Gasteiger partial charge in [-0.15, -0.1) is 0 Å². The number of amides is 1. The summed E-state index contributed by atoms with van der Waals surface area (Å²) in [4.78, 5) is 26.4. The minimum Gasteiger partial charge on any atom is -0.354 e. The van der Waals surface area contributed by atoms with Crippen LogP contribution in [-0.4, -0.2) is 42.3 Å². The van der Waals surface area contributed by atoms with Crippen molar-refractivity contribution in [1.82, 2.24) is 10.2 Å². The number of piperidine rings is 1. The van der Waals surface area contributed by atoms with Crippen LogP contribution in [0.4, 0.5) is 0 Å². The fourth-order valence-electron chi connectivity index (χ4n) is 4.55. The molecule has 1 aromatic carbocycles. The van der Waals surface area contributed by atoms with Gasteiger partial charge in [-0.3, -0.25) is 9.59 Å². The van der Waals surface area contributed by atoms with Gasteiger partial charge in [0.15, 0.2) is 5.78 Å². The summed E-state index contributed by atoms with van der Waals surface area (Å²) in [6, 6.07) is 7.77. The van der Waals surface area contributed by atoms with Gasteiger partial charge in [-0.2, -0.15) is 0 Å². The molecule has 1 amide bonds. The van der Waals surface area contributed by atoms with Crippen LogP contribution in [0, 0.1) is 11.8 Å². The normalized spacial score (nSPS) is 24.5. The lowest BCUT2D eigenvalue weighted by Crippen LogP contribution is -2.39. The van der Waals surface area contributed by atoms with Gasteiger partial charge >= 0.3 is 0 Å². The molecule has 27 heavy (non-hydrogen) atoms. The topological polar surface area (TPSA) is 49.4 Å². The molecule has 1 aromatic rings. The van der Waals surface area contributed by atoms with Crippen molar-refractivity contribution in [2.45, 2.75) is 57.9 Å². The quantitative estimate of drug-likeness (QED) is 0.736. The number of ketones is 1. The van der Waals surface area contributed by atoms with Crippen molar-refractivity contribution in [2.75, 3.05) is 19.6 Å². The molecule has 1 heterocycles. The van der Waals surface area contributed by atoms with E-state index in [9.17, 15) is 9.59 Å². The first kappa shape index (κ1) is 20.3. The molecule has 1 N–H and O–H groups in total. The molecule has 1 saturated carbocycles. The molecule has 2 fully saturated rings. The Hall–Kier alpha value is -1.39. The highest BCUT2D eigenvalue weighted by Gasteiger charge is 2.28. The molecule has 0 radical (unpaired) electrons. The maximum atomic E-state index is 12.7. The number of nitrogens with zero attached hydrogens (tertiary/aromatic N) is 1. The van der Waals surface area contributed by atoms with Gasteiger partial charge in [0.1, 0.15) is 0 Å². The zero-order valence-electron chi connectivity index (χ0n) is 16.3. The fraction of sp³-hybridized carbons (Fsp3) is 0.636. The number of hydrogen-bond acceptors (Lipinski definition) is 3. The maximum absolute atomic E-state index is 12.7. The largest absolute Gasteiger partial charge is 0.354 e. The number of Topliss-reactive ketones (excluding diaryl/α,β-unsaturated/α-hetero) is 1. The van der Waals surface area contributed by atoms with Crippen molar-refractivity contribution in [3.05, 3.63) is 34.9 Å². The Labute approximate surface area is 167 Å². The molecule has 4 nitrogen and oxygen atoms in total. The van der Waals surface area contributed by atoms with Crippen molar-refractivity contribution in [3.8, 4) is 0 Å². The highest BCUT2D eigenvalue weighted by Crippen LogP contribution is 2.29. The van der Waals surface area contributed by atoms with Crippen LogP contribution in [0.15, 0.2) is 24.3 Å². The molecule has 0 aromatic heterocycles. The van der Waals surface area contributed by atoms with Crippen LogP contribution in [0.1, 0.15) is 62.2 Å². The predicted molar refractivity (Wildman–Crippen MR) is 109 cm³/mol. The number of nitrogens with one attached hydrogen (secondary N) is 1. The first-order chi connectivity index (χ1) is 13.0. The summed E-state index contributed by atoms with van der Waals surface area (Å²) >= 11 is 6.19. The average Bonchev–Trinajstić information content (AvgIpc) is 2.67. The van der Waals surface area contributed by atoms with Gasteiger partial charge in [-0.05, 0) is 82.6 Å². The van der Waals surface area contributed by atoms with E-state index >= 15 is 0 Å². The first-order valence-electron chi connectivity index (χ1n) is 10.3. The molecule has 148 valence electrons. The highest BCUT2D eigenvalue weighted by atomic mass is 35.5. The molecule has 0 atom stereocenters. The Bertz CT molecular complexity index is 647. The second kappa shape index (κ2) is 9.70. The molecular weight excluding hydrogens is 360 g/mol. The standard InChI is InChI=1S/C22H31ClN2O2/c1-16(26)24-19-8-6-17(7-9-19)10-13-25-14-11-18(12-15-25)22(27)20-4-2-3-5-21(20)23/h2-5,17-19H,6-15H2,1H3,(H,24,26). The van der Waals surface area contributed by atoms with Crippen LogP contribution in [0.5, 0.6) is 0 Å². The van der Waals surface area contributed by atoms with Gasteiger partial charge < -0.3 is 10.2 Å². The van der Waals surface area contributed by atoms with E-state index in [1.54, 1.807) is 13.0 Å². The first-order valence-corrected chi connectivity index (χ1v) is 10.7. The molecule has 1 aliphatic carbocycles. The van der Waals surface area contributed by atoms with E-state index < -0.39 is 0 Å². The second-order valence-corrected chi connectivity index (χ2v) is 8.57. The Balaban J connectivity index is 1.37. The van der Waals surface area contributed by atoms with E-state index in [1.807, 2.05) is 18.2 Å². The number of likely N-dealkylation sites (tertiary alicyclic amines) is 1. The SMILES string of the molecule is CC(=O)NC1CCC(CCN2CCC(C(=O)c3ccccc3Cl)CC2)CC1. The van der Waals surface area contributed by atoms with Gasteiger partial charge in [0, 0.05) is 24.4 Å². The third-order valence-corrected chi connectivity index (χ3v) is 6.53. The number of carbonyl (C=O) groups excluding carboxylic acids is 2. The second-order valence-electron chi connectivity index (χ2n) is 8.17. The molecule has 0 unspecified atom stereocenters. The van der Waals surface area contributed by atoms with Crippen molar-refractivity contribution < 1.29 is 9.59 Å². The van der Waals surface area contributed by atoms with Gasteiger partial charge in [-0.1, -0.05) is 23.7 Å². The summed E-state index contributed by atoms with van der Waals surface area (Å²) in [5.74, 6) is 1.18. The predicted octanol–water partition coefficient (Wildman–Crippen LogP) is 4.32. The summed E-state index contributed by atoms with van der Waals surface area (Å²) < 4.78 is 0. The van der Waals surface area contributed by atoms with E-state index in [1.165, 1.54) is 19.3 Å². The van der Waals surface area contributed by atoms with Gasteiger partial charge in [0.05, 0.1) is 5.02 Å². The van der Waals surface area contributed by atoms with Crippen molar-refractivity contribution in [2.24, 2.45) is 11.8 Å². The zero-order chi connectivity index (χ0) is 19.2. The third kappa shape index (κ3) is 5.79. The Morgan fingerprint density at radius 2 is 1.74 bits per heavy atom. The molecule has 0 spiro atoms. The molecule has 1 saturated heterocycles. The lowest BCUT2D eigenvalue weighted by atomic mass is 9.83. The Morgan fingerprint density at radius 1 is 1.07 bits per heavy atom. The minimum atomic E-state index is 0.0904. The molecule has 0 bridgehead atoms. The number of hydrogen-bond donors (Lipinski definition) is 1. The molecule has 1 aliphatic heterocycles. The van der Waals surface area contributed by atoms with E-state index in [4.69, 9.17) is 11.6 Å². The number of rotatable bonds is 6. The van der Waals surface area contributed by atoms with Crippen LogP contribution in [0.25, 0.3) is 0 Å². The summed E-state index contributed by atoms with van der Waals surface area (Å²) in [7, 11) is 0. The van der Waals surface area contributed by atoms with E-state index in [2.05, 4.69) is 10.2 Å². The Kier molecular flexibility index (Phi) is 7.31. The fourth-order valence-corrected chi connectivity index (χ4v) is 4.78. The summed E-state index contributed by atoms with van der Waals surface area (Å²) in [6.45, 7) is 4.73. The lowest BCUT2D eigenvalue weighted by Gasteiger charge is -2.34. The molecular formula is C22H31ClN2O2. The average molecular weight is 391 g/mol. The number of halogens is 1. The number of benzene rings is 1. The van der Waals surface area contributed by atoms with E-state index in [0.717, 1.165) is 51.2 Å². The van der Waals surface area contributed by atoms with E-state index in [0.29, 0.717) is 16.6 Å². The molecule has 3 rings (SSSR count). The van der Waals surface area contributed by atoms with Crippen LogP contribution >= 0.6 is 11.6 Å². The van der Waals surface area contributed by atoms with Gasteiger partial charge in [0.2, 0.25) is 5.91 Å². The molecule has 5 heteroatoms. The Morgan fingerprint density at radius 3 is 2.37 bits per heavy atom. The molecule has 2 aliphatic rings. The lowest BCUT2D eigenvalue weighted by molar-refractivity contribution is -0.119. The monoisotopic (exact) mass is 390 g/mol. The summed E-state index contributed by atoms with van der Waals surface area (Å²) in [6.07, 6.45) is 7.74. The third-order valence-electron chi connectivity index (χ3n) is 6.21. The van der Waals surface area contributed by atoms with Gasteiger partial charge in [0.25, 0.3) is 0 Å². The van der Waals surface area contributed by atoms with E-state index in [-0.39, 0.29) is 17.6 Å². The minimum absolute atomic E-state index is 0.0904.